The van der Waals surface area contributed by atoms with Gasteiger partial charge in [-0.3, -0.25) is 0 Å². The highest BCUT2D eigenvalue weighted by molar-refractivity contribution is 5.35. The van der Waals surface area contributed by atoms with E-state index in [0.29, 0.717) is 6.61 Å². The molecule has 1 aromatic rings. The van der Waals surface area contributed by atoms with Gasteiger partial charge in [-0.25, -0.2) is 0 Å². The maximum absolute atomic E-state index is 12.5. The molecule has 0 saturated carbocycles. The minimum absolute atomic E-state index is 0.0848. The lowest BCUT2D eigenvalue weighted by atomic mass is 10.2. The topological polar surface area (TPSA) is 9.23 Å². The SMILES string of the molecule is CCCCOc1ccccc1C(F)(F)F. The van der Waals surface area contributed by atoms with Crippen LogP contribution in [0.25, 0.3) is 0 Å². The molecular formula is C11H13F3O. The lowest BCUT2D eigenvalue weighted by molar-refractivity contribution is -0.138. The minimum Gasteiger partial charge on any atom is -0.493 e. The van der Waals surface area contributed by atoms with Crippen molar-refractivity contribution in [3.8, 4) is 5.75 Å². The Bertz CT molecular complexity index is 307. The molecular weight excluding hydrogens is 205 g/mol. The van der Waals surface area contributed by atoms with Crippen molar-refractivity contribution in [3.63, 3.8) is 0 Å². The summed E-state index contributed by atoms with van der Waals surface area (Å²) in [6.07, 6.45) is -2.69. The maximum Gasteiger partial charge on any atom is 0.419 e. The average molecular weight is 218 g/mol. The Morgan fingerprint density at radius 3 is 2.47 bits per heavy atom. The third-order valence-corrected chi connectivity index (χ3v) is 1.95. The third-order valence-electron chi connectivity index (χ3n) is 1.95. The monoisotopic (exact) mass is 218 g/mol. The van der Waals surface area contributed by atoms with Crippen molar-refractivity contribution < 1.29 is 17.9 Å². The van der Waals surface area contributed by atoms with Crippen molar-refractivity contribution in [1.29, 1.82) is 0 Å². The summed E-state index contributed by atoms with van der Waals surface area (Å²) in [4.78, 5) is 0. The molecule has 0 radical (unpaired) electrons. The molecule has 4 heteroatoms. The average Bonchev–Trinajstić information content (AvgIpc) is 2.17. The van der Waals surface area contributed by atoms with Crippen molar-refractivity contribution in [2.75, 3.05) is 6.61 Å². The number of alkyl halides is 3. The Morgan fingerprint density at radius 1 is 1.20 bits per heavy atom. The molecule has 1 nitrogen and oxygen atoms in total. The van der Waals surface area contributed by atoms with Crippen LogP contribution in [0.4, 0.5) is 13.2 Å². The van der Waals surface area contributed by atoms with Crippen LogP contribution < -0.4 is 4.74 Å². The molecule has 0 atom stereocenters. The molecule has 0 aliphatic carbocycles. The van der Waals surface area contributed by atoms with Crippen LogP contribution in [-0.2, 0) is 6.18 Å². The second-order valence-corrected chi connectivity index (χ2v) is 3.20. The van der Waals surface area contributed by atoms with E-state index >= 15 is 0 Å². The van der Waals surface area contributed by atoms with Crippen LogP contribution in [0.3, 0.4) is 0 Å². The number of unbranched alkanes of at least 4 members (excludes halogenated alkanes) is 1. The number of hydrogen-bond donors (Lipinski definition) is 0. The van der Waals surface area contributed by atoms with Crippen LogP contribution in [0.2, 0.25) is 0 Å². The van der Waals surface area contributed by atoms with Gasteiger partial charge in [0, 0.05) is 0 Å². The molecule has 0 amide bonds. The van der Waals surface area contributed by atoms with Gasteiger partial charge in [-0.1, -0.05) is 25.5 Å². The van der Waals surface area contributed by atoms with E-state index in [2.05, 4.69) is 0 Å². The van der Waals surface area contributed by atoms with Crippen LogP contribution in [0.1, 0.15) is 25.3 Å². The molecule has 0 N–H and O–H groups in total. The van der Waals surface area contributed by atoms with Crippen molar-refractivity contribution in [1.82, 2.24) is 0 Å². The van der Waals surface area contributed by atoms with Crippen LogP contribution >= 0.6 is 0 Å². The van der Waals surface area contributed by atoms with E-state index in [-0.39, 0.29) is 5.75 Å². The molecule has 0 aliphatic heterocycles. The van der Waals surface area contributed by atoms with Gasteiger partial charge < -0.3 is 4.74 Å². The molecule has 1 aromatic carbocycles. The van der Waals surface area contributed by atoms with Gasteiger partial charge in [0.15, 0.2) is 0 Å². The summed E-state index contributed by atoms with van der Waals surface area (Å²) in [7, 11) is 0. The quantitative estimate of drug-likeness (QED) is 0.697. The fourth-order valence-electron chi connectivity index (χ4n) is 1.15. The van der Waals surface area contributed by atoms with Gasteiger partial charge in [-0.05, 0) is 18.6 Å². The normalized spacial score (nSPS) is 11.5. The van der Waals surface area contributed by atoms with Crippen LogP contribution in [-0.4, -0.2) is 6.61 Å². The molecule has 0 saturated heterocycles. The summed E-state index contributed by atoms with van der Waals surface area (Å²) < 4.78 is 42.5. The molecule has 1 rings (SSSR count). The number of benzene rings is 1. The van der Waals surface area contributed by atoms with E-state index in [4.69, 9.17) is 4.74 Å². The van der Waals surface area contributed by atoms with E-state index in [9.17, 15) is 13.2 Å². The van der Waals surface area contributed by atoms with E-state index in [1.54, 1.807) is 0 Å². The van der Waals surface area contributed by atoms with Gasteiger partial charge in [0.1, 0.15) is 5.75 Å². The van der Waals surface area contributed by atoms with Crippen LogP contribution in [0.5, 0.6) is 5.75 Å². The predicted molar refractivity (Wildman–Crippen MR) is 51.8 cm³/mol. The molecule has 0 heterocycles. The molecule has 0 fully saturated rings. The second kappa shape index (κ2) is 5.05. The first-order valence-electron chi connectivity index (χ1n) is 4.84. The first kappa shape index (κ1) is 11.9. The summed E-state index contributed by atoms with van der Waals surface area (Å²) in [6.45, 7) is 2.28. The van der Waals surface area contributed by atoms with Gasteiger partial charge in [0.25, 0.3) is 0 Å². The zero-order valence-corrected chi connectivity index (χ0v) is 8.47. The standard InChI is InChI=1S/C11H13F3O/c1-2-3-8-15-10-7-5-4-6-9(10)11(12,13)14/h4-7H,2-3,8H2,1H3. The van der Waals surface area contributed by atoms with Crippen molar-refractivity contribution in [2.45, 2.75) is 25.9 Å². The fourth-order valence-corrected chi connectivity index (χ4v) is 1.15. The maximum atomic E-state index is 12.5. The van der Waals surface area contributed by atoms with Crippen molar-refractivity contribution in [3.05, 3.63) is 29.8 Å². The number of hydrogen-bond acceptors (Lipinski definition) is 1. The minimum atomic E-state index is -4.34. The zero-order valence-electron chi connectivity index (χ0n) is 8.47. The molecule has 84 valence electrons. The third kappa shape index (κ3) is 3.46. The van der Waals surface area contributed by atoms with E-state index < -0.39 is 11.7 Å². The van der Waals surface area contributed by atoms with Crippen molar-refractivity contribution >= 4 is 0 Å². The van der Waals surface area contributed by atoms with Crippen molar-refractivity contribution in [2.24, 2.45) is 0 Å². The number of para-hydroxylation sites is 1. The summed E-state index contributed by atoms with van der Waals surface area (Å²) in [5.41, 5.74) is -0.707. The van der Waals surface area contributed by atoms with Crippen LogP contribution in [0.15, 0.2) is 24.3 Å². The number of halogens is 3. The van der Waals surface area contributed by atoms with E-state index in [0.717, 1.165) is 18.9 Å². The lowest BCUT2D eigenvalue weighted by Crippen LogP contribution is -2.09. The van der Waals surface area contributed by atoms with Gasteiger partial charge in [-0.15, -0.1) is 0 Å². The summed E-state index contributed by atoms with van der Waals surface area (Å²) >= 11 is 0. The van der Waals surface area contributed by atoms with Gasteiger partial charge in [0.05, 0.1) is 12.2 Å². The largest absolute Gasteiger partial charge is 0.493 e. The molecule has 0 bridgehead atoms. The van der Waals surface area contributed by atoms with Gasteiger partial charge in [-0.2, -0.15) is 13.2 Å². The van der Waals surface area contributed by atoms with Gasteiger partial charge >= 0.3 is 6.18 Å². The summed E-state index contributed by atoms with van der Waals surface area (Å²) in [6, 6.07) is 5.27. The predicted octanol–water partition coefficient (Wildman–Crippen LogP) is 3.88. The van der Waals surface area contributed by atoms with Crippen LogP contribution in [0, 0.1) is 0 Å². The summed E-state index contributed by atoms with van der Waals surface area (Å²) in [5, 5.41) is 0. The van der Waals surface area contributed by atoms with Gasteiger partial charge in [0.2, 0.25) is 0 Å². The molecule has 0 spiro atoms. The number of rotatable bonds is 4. The molecule has 0 aromatic heterocycles. The number of ether oxygens (including phenoxy) is 1. The lowest BCUT2D eigenvalue weighted by Gasteiger charge is -2.13. The first-order chi connectivity index (χ1) is 7.05. The molecule has 0 aliphatic rings. The fraction of sp³-hybridized carbons (Fsp3) is 0.455. The molecule has 15 heavy (non-hydrogen) atoms. The molecule has 0 unspecified atom stereocenters. The highest BCUT2D eigenvalue weighted by Crippen LogP contribution is 2.35. The van der Waals surface area contributed by atoms with E-state index in [1.807, 2.05) is 6.92 Å². The highest BCUT2D eigenvalue weighted by atomic mass is 19.4. The second-order valence-electron chi connectivity index (χ2n) is 3.20. The highest BCUT2D eigenvalue weighted by Gasteiger charge is 2.33. The Balaban J connectivity index is 2.78. The Morgan fingerprint density at radius 2 is 1.87 bits per heavy atom. The smallest absolute Gasteiger partial charge is 0.419 e. The Kier molecular flexibility index (Phi) is 4.00. The Labute approximate surface area is 86.9 Å². The summed E-state index contributed by atoms with van der Waals surface area (Å²) in [5.74, 6) is -0.0848. The van der Waals surface area contributed by atoms with E-state index in [1.165, 1.54) is 18.2 Å². The Hall–Kier alpha value is -1.19. The first-order valence-corrected chi connectivity index (χ1v) is 4.84. The zero-order chi connectivity index (χ0) is 11.3.